The van der Waals surface area contributed by atoms with Crippen molar-refractivity contribution in [2.75, 3.05) is 11.5 Å². The molecule has 3 N–H and O–H groups in total. The molecule has 0 aliphatic carbocycles. The van der Waals surface area contributed by atoms with Gasteiger partial charge in [-0.15, -0.1) is 0 Å². The zero-order valence-corrected chi connectivity index (χ0v) is 12.9. The first-order valence-corrected chi connectivity index (χ1v) is 8.37. The third kappa shape index (κ3) is 4.31. The van der Waals surface area contributed by atoms with Crippen LogP contribution in [0.3, 0.4) is 0 Å². The Hall–Kier alpha value is -1.40. The number of hydrogen-bond donors (Lipinski definition) is 2. The molecule has 5 nitrogen and oxygen atoms in total. The molecule has 6 heteroatoms. The molecule has 0 fully saturated rings. The quantitative estimate of drug-likeness (QED) is 0.813. The van der Waals surface area contributed by atoms with Gasteiger partial charge in [-0.1, -0.05) is 37.3 Å². The number of rotatable bonds is 6. The lowest BCUT2D eigenvalue weighted by molar-refractivity contribution is -0.126. The molecular weight excluding hydrogens is 276 g/mol. The van der Waals surface area contributed by atoms with Gasteiger partial charge in [0, 0.05) is 11.8 Å². The zero-order valence-electron chi connectivity index (χ0n) is 12.1. The number of carbonyl (C=O) groups excluding carboxylic acids is 1. The first kappa shape index (κ1) is 16.7. The van der Waals surface area contributed by atoms with E-state index in [2.05, 4.69) is 5.32 Å². The topological polar surface area (TPSA) is 89.3 Å². The molecule has 0 aromatic heterocycles. The number of amides is 1. The number of hydrogen-bond acceptors (Lipinski definition) is 4. The van der Waals surface area contributed by atoms with Crippen molar-refractivity contribution in [3.05, 3.63) is 35.9 Å². The second kappa shape index (κ2) is 6.37. The summed E-state index contributed by atoms with van der Waals surface area (Å²) in [4.78, 5) is 12.2. The van der Waals surface area contributed by atoms with Crippen LogP contribution in [-0.2, 0) is 20.2 Å². The number of sulfone groups is 1. The Labute approximate surface area is 120 Å². The second-order valence-corrected chi connectivity index (χ2v) is 7.54. The largest absolute Gasteiger partial charge is 0.351 e. The summed E-state index contributed by atoms with van der Waals surface area (Å²) in [5, 5.41) is 2.67. The molecule has 0 saturated carbocycles. The molecule has 1 amide bonds. The van der Waals surface area contributed by atoms with Crippen LogP contribution in [-0.4, -0.2) is 31.9 Å². The number of nitrogens with two attached hydrogens (primary N) is 1. The van der Waals surface area contributed by atoms with E-state index in [1.54, 1.807) is 45.0 Å². The molecule has 0 saturated heterocycles. The molecule has 0 spiro atoms. The number of carbonyl (C=O) groups is 1. The number of benzene rings is 1. The lowest BCUT2D eigenvalue weighted by atomic mass is 9.92. The Morgan fingerprint density at radius 2 is 1.90 bits per heavy atom. The highest BCUT2D eigenvalue weighted by molar-refractivity contribution is 7.91. The molecule has 0 heterocycles. The lowest BCUT2D eigenvalue weighted by Crippen LogP contribution is -2.52. The molecule has 1 aromatic carbocycles. The fourth-order valence-corrected chi connectivity index (χ4v) is 2.91. The van der Waals surface area contributed by atoms with E-state index < -0.39 is 21.4 Å². The van der Waals surface area contributed by atoms with Crippen LogP contribution < -0.4 is 11.1 Å². The molecule has 2 atom stereocenters. The van der Waals surface area contributed by atoms with Crippen molar-refractivity contribution in [2.45, 2.75) is 32.4 Å². The molecule has 0 aliphatic rings. The van der Waals surface area contributed by atoms with Gasteiger partial charge in [-0.2, -0.15) is 0 Å². The molecular formula is C14H22N2O3S. The van der Waals surface area contributed by atoms with Crippen LogP contribution in [0.15, 0.2) is 30.3 Å². The molecule has 20 heavy (non-hydrogen) atoms. The van der Waals surface area contributed by atoms with Crippen molar-refractivity contribution in [3.63, 3.8) is 0 Å². The van der Waals surface area contributed by atoms with Crippen molar-refractivity contribution in [3.8, 4) is 0 Å². The van der Waals surface area contributed by atoms with Crippen LogP contribution >= 0.6 is 0 Å². The van der Waals surface area contributed by atoms with Gasteiger partial charge in [0.05, 0.1) is 5.75 Å². The molecule has 0 radical (unpaired) electrons. The Morgan fingerprint density at radius 1 is 1.35 bits per heavy atom. The van der Waals surface area contributed by atoms with Crippen LogP contribution in [0.25, 0.3) is 0 Å². The molecule has 2 unspecified atom stereocenters. The van der Waals surface area contributed by atoms with E-state index in [1.807, 2.05) is 6.07 Å². The average Bonchev–Trinajstić information content (AvgIpc) is 2.39. The molecule has 1 aromatic rings. The van der Waals surface area contributed by atoms with Crippen molar-refractivity contribution in [1.29, 1.82) is 0 Å². The second-order valence-electron chi connectivity index (χ2n) is 5.14. The third-order valence-corrected chi connectivity index (χ3v) is 5.05. The highest BCUT2D eigenvalue weighted by Gasteiger charge is 2.31. The van der Waals surface area contributed by atoms with Gasteiger partial charge in [0.25, 0.3) is 0 Å². The van der Waals surface area contributed by atoms with E-state index in [0.29, 0.717) is 5.56 Å². The van der Waals surface area contributed by atoms with E-state index in [-0.39, 0.29) is 17.4 Å². The summed E-state index contributed by atoms with van der Waals surface area (Å²) in [5.74, 6) is -0.408. The third-order valence-electron chi connectivity index (χ3n) is 3.17. The summed E-state index contributed by atoms with van der Waals surface area (Å²) in [7, 11) is -3.13. The Bertz CT molecular complexity index is 553. The normalized spacial score (nSPS) is 16.2. The summed E-state index contributed by atoms with van der Waals surface area (Å²) in [5.41, 5.74) is 5.56. The van der Waals surface area contributed by atoms with Gasteiger partial charge in [-0.3, -0.25) is 4.79 Å². The first-order chi connectivity index (χ1) is 9.19. The van der Waals surface area contributed by atoms with Gasteiger partial charge in [-0.25, -0.2) is 8.42 Å². The minimum Gasteiger partial charge on any atom is -0.351 e. The summed E-state index contributed by atoms with van der Waals surface area (Å²) >= 11 is 0. The highest BCUT2D eigenvalue weighted by Crippen LogP contribution is 2.17. The van der Waals surface area contributed by atoms with Gasteiger partial charge in [0.15, 0.2) is 9.84 Å². The van der Waals surface area contributed by atoms with Crippen LogP contribution in [0.5, 0.6) is 0 Å². The van der Waals surface area contributed by atoms with Crippen LogP contribution in [0.1, 0.15) is 26.3 Å². The van der Waals surface area contributed by atoms with E-state index in [0.717, 1.165) is 0 Å². The van der Waals surface area contributed by atoms with Gasteiger partial charge in [-0.05, 0) is 19.4 Å². The first-order valence-electron chi connectivity index (χ1n) is 6.55. The predicted octanol–water partition coefficient (Wildman–Crippen LogP) is 0.800. The molecule has 0 aliphatic heterocycles. The Balaban J connectivity index is 2.76. The van der Waals surface area contributed by atoms with Gasteiger partial charge < -0.3 is 11.1 Å². The van der Waals surface area contributed by atoms with Crippen LogP contribution in [0, 0.1) is 0 Å². The smallest absolute Gasteiger partial charge is 0.244 e. The van der Waals surface area contributed by atoms with Gasteiger partial charge in [0.1, 0.15) is 5.54 Å². The lowest BCUT2D eigenvalue weighted by Gasteiger charge is -2.26. The summed E-state index contributed by atoms with van der Waals surface area (Å²) in [6.07, 6.45) is 0. The van der Waals surface area contributed by atoms with Gasteiger partial charge in [0.2, 0.25) is 5.91 Å². The monoisotopic (exact) mass is 298 g/mol. The highest BCUT2D eigenvalue weighted by atomic mass is 32.2. The Kier molecular flexibility index (Phi) is 5.30. The number of nitrogens with one attached hydrogen (secondary N) is 1. The van der Waals surface area contributed by atoms with E-state index >= 15 is 0 Å². The summed E-state index contributed by atoms with van der Waals surface area (Å²) in [6.45, 7) is 4.85. The van der Waals surface area contributed by atoms with Crippen molar-refractivity contribution in [2.24, 2.45) is 5.73 Å². The fourth-order valence-electron chi connectivity index (χ4n) is 1.83. The Morgan fingerprint density at radius 3 is 2.40 bits per heavy atom. The fraction of sp³-hybridized carbons (Fsp3) is 0.500. The molecule has 1 rings (SSSR count). The van der Waals surface area contributed by atoms with Crippen molar-refractivity contribution in [1.82, 2.24) is 5.32 Å². The molecule has 112 valence electrons. The van der Waals surface area contributed by atoms with Crippen LogP contribution in [0.2, 0.25) is 0 Å². The van der Waals surface area contributed by atoms with E-state index in [4.69, 9.17) is 5.73 Å². The van der Waals surface area contributed by atoms with E-state index in [1.165, 1.54) is 0 Å². The predicted molar refractivity (Wildman–Crippen MR) is 79.9 cm³/mol. The summed E-state index contributed by atoms with van der Waals surface area (Å²) in [6, 6.07) is 8.52. The van der Waals surface area contributed by atoms with Gasteiger partial charge >= 0.3 is 0 Å². The SMILES string of the molecule is CCS(=O)(=O)CC(C)NC(=O)C(C)(N)c1ccccc1. The minimum absolute atomic E-state index is 0.0613. The standard InChI is InChI=1S/C14H22N2O3S/c1-4-20(18,19)10-11(2)16-13(17)14(3,15)12-8-6-5-7-9-12/h5-9,11H,4,10,15H2,1-3H3,(H,16,17). The maximum absolute atomic E-state index is 12.2. The van der Waals surface area contributed by atoms with E-state index in [9.17, 15) is 13.2 Å². The maximum atomic E-state index is 12.2. The molecule has 0 bridgehead atoms. The van der Waals surface area contributed by atoms with Crippen molar-refractivity contribution < 1.29 is 13.2 Å². The van der Waals surface area contributed by atoms with Crippen molar-refractivity contribution >= 4 is 15.7 Å². The maximum Gasteiger partial charge on any atom is 0.244 e. The average molecular weight is 298 g/mol. The van der Waals surface area contributed by atoms with Crippen LogP contribution in [0.4, 0.5) is 0 Å². The zero-order chi connectivity index (χ0) is 15.4. The minimum atomic E-state index is -3.13. The summed E-state index contributed by atoms with van der Waals surface area (Å²) < 4.78 is 23.1.